The monoisotopic (exact) mass is 396 g/mol. The molecule has 0 bridgehead atoms. The van der Waals surface area contributed by atoms with Gasteiger partial charge in [0.15, 0.2) is 0 Å². The van der Waals surface area contributed by atoms with Crippen LogP contribution in [-0.2, 0) is 0 Å². The van der Waals surface area contributed by atoms with E-state index in [-0.39, 0.29) is 11.4 Å². The second-order valence-corrected chi connectivity index (χ2v) is 7.70. The Morgan fingerprint density at radius 3 is 2.79 bits per heavy atom. The van der Waals surface area contributed by atoms with E-state index >= 15 is 0 Å². The lowest BCUT2D eigenvalue weighted by Gasteiger charge is -2.31. The number of aromatic carboxylic acids is 1. The minimum atomic E-state index is -0.973. The summed E-state index contributed by atoms with van der Waals surface area (Å²) in [5.74, 6) is -0.346. The molecule has 152 valence electrons. The van der Waals surface area contributed by atoms with Crippen LogP contribution in [-0.4, -0.2) is 47.2 Å². The Labute approximate surface area is 169 Å². The van der Waals surface area contributed by atoms with Gasteiger partial charge < -0.3 is 14.8 Å². The second-order valence-electron chi connectivity index (χ2n) is 7.70. The number of hydrogen-bond donors (Lipinski definition) is 2. The summed E-state index contributed by atoms with van der Waals surface area (Å²) in [4.78, 5) is 17.0. The van der Waals surface area contributed by atoms with Crippen LogP contribution in [0.5, 0.6) is 5.75 Å². The highest BCUT2D eigenvalue weighted by Gasteiger charge is 2.23. The number of benzene rings is 2. The number of ether oxygens (including phenoxy) is 1. The van der Waals surface area contributed by atoms with E-state index < -0.39 is 5.97 Å². The molecule has 1 aliphatic heterocycles. The molecular formula is C23H25FN2O3. The molecule has 29 heavy (non-hydrogen) atoms. The van der Waals surface area contributed by atoms with Crippen LogP contribution in [0.15, 0.2) is 42.6 Å². The highest BCUT2D eigenvalue weighted by Crippen LogP contribution is 2.33. The van der Waals surface area contributed by atoms with E-state index in [2.05, 4.69) is 9.88 Å². The van der Waals surface area contributed by atoms with E-state index in [1.54, 1.807) is 24.3 Å². The Morgan fingerprint density at radius 1 is 1.24 bits per heavy atom. The Morgan fingerprint density at radius 2 is 2.03 bits per heavy atom. The maximum Gasteiger partial charge on any atom is 0.339 e. The zero-order valence-electron chi connectivity index (χ0n) is 16.5. The Kier molecular flexibility index (Phi) is 5.53. The maximum absolute atomic E-state index is 13.6. The number of aryl methyl sites for hydroxylation is 1. The summed E-state index contributed by atoms with van der Waals surface area (Å²) in [6, 6.07) is 10.1. The highest BCUT2D eigenvalue weighted by molar-refractivity contribution is 5.91. The van der Waals surface area contributed by atoms with Crippen molar-refractivity contribution in [1.29, 1.82) is 0 Å². The zero-order chi connectivity index (χ0) is 20.4. The van der Waals surface area contributed by atoms with Crippen LogP contribution in [0.25, 0.3) is 10.9 Å². The summed E-state index contributed by atoms with van der Waals surface area (Å²) in [5.41, 5.74) is 3.27. The highest BCUT2D eigenvalue weighted by atomic mass is 19.1. The summed E-state index contributed by atoms with van der Waals surface area (Å²) in [6.45, 7) is 4.95. The number of carbonyl (C=O) groups is 1. The van der Waals surface area contributed by atoms with Crippen molar-refractivity contribution in [2.24, 2.45) is 0 Å². The zero-order valence-corrected chi connectivity index (χ0v) is 16.5. The number of piperidine rings is 1. The van der Waals surface area contributed by atoms with Crippen molar-refractivity contribution >= 4 is 16.9 Å². The van der Waals surface area contributed by atoms with Gasteiger partial charge >= 0.3 is 5.97 Å². The molecular weight excluding hydrogens is 371 g/mol. The lowest BCUT2D eigenvalue weighted by Crippen LogP contribution is -2.35. The van der Waals surface area contributed by atoms with Crippen LogP contribution in [0.3, 0.4) is 0 Å². The molecule has 1 aromatic heterocycles. The minimum Gasteiger partial charge on any atom is -0.491 e. The van der Waals surface area contributed by atoms with E-state index in [9.17, 15) is 14.3 Å². The topological polar surface area (TPSA) is 65.6 Å². The fraction of sp³-hybridized carbons (Fsp3) is 0.348. The molecule has 2 aromatic carbocycles. The fourth-order valence-corrected chi connectivity index (χ4v) is 4.14. The normalized spacial score (nSPS) is 15.7. The van der Waals surface area contributed by atoms with Crippen molar-refractivity contribution in [3.63, 3.8) is 0 Å². The predicted molar refractivity (Wildman–Crippen MR) is 110 cm³/mol. The van der Waals surface area contributed by atoms with Crippen LogP contribution in [0.4, 0.5) is 4.39 Å². The third kappa shape index (κ3) is 4.27. The molecule has 3 aromatic rings. The summed E-state index contributed by atoms with van der Waals surface area (Å²) < 4.78 is 19.4. The van der Waals surface area contributed by atoms with Gasteiger partial charge in [0.25, 0.3) is 0 Å². The van der Waals surface area contributed by atoms with Crippen molar-refractivity contribution in [3.8, 4) is 5.75 Å². The smallest absolute Gasteiger partial charge is 0.339 e. The van der Waals surface area contributed by atoms with Crippen molar-refractivity contribution in [1.82, 2.24) is 9.88 Å². The first-order valence-electron chi connectivity index (χ1n) is 9.97. The van der Waals surface area contributed by atoms with E-state index in [0.29, 0.717) is 18.3 Å². The predicted octanol–water partition coefficient (Wildman–Crippen LogP) is 4.57. The molecule has 4 rings (SSSR count). The van der Waals surface area contributed by atoms with Crippen molar-refractivity contribution in [2.75, 3.05) is 26.2 Å². The number of rotatable bonds is 6. The molecule has 0 aliphatic carbocycles. The first-order valence-corrected chi connectivity index (χ1v) is 9.97. The van der Waals surface area contributed by atoms with Crippen LogP contribution in [0.2, 0.25) is 0 Å². The van der Waals surface area contributed by atoms with Crippen LogP contribution >= 0.6 is 0 Å². The van der Waals surface area contributed by atoms with E-state index in [4.69, 9.17) is 4.74 Å². The third-order valence-corrected chi connectivity index (χ3v) is 5.73. The molecule has 6 heteroatoms. The van der Waals surface area contributed by atoms with E-state index in [0.717, 1.165) is 48.9 Å². The molecule has 2 heterocycles. The fourth-order valence-electron chi connectivity index (χ4n) is 4.14. The van der Waals surface area contributed by atoms with Gasteiger partial charge in [0.05, 0.1) is 0 Å². The van der Waals surface area contributed by atoms with Gasteiger partial charge in [-0.15, -0.1) is 0 Å². The molecule has 2 N–H and O–H groups in total. The molecule has 0 atom stereocenters. The van der Waals surface area contributed by atoms with Gasteiger partial charge in [0, 0.05) is 23.6 Å². The number of carboxylic acid groups (broad SMARTS) is 1. The number of H-pyrrole nitrogens is 1. The lowest BCUT2D eigenvalue weighted by molar-refractivity contribution is 0.0691. The Bertz CT molecular complexity index is 1020. The van der Waals surface area contributed by atoms with Crippen LogP contribution in [0.1, 0.15) is 40.2 Å². The molecule has 5 nitrogen and oxygen atoms in total. The number of aromatic amines is 1. The summed E-state index contributed by atoms with van der Waals surface area (Å²) in [7, 11) is 0. The second kappa shape index (κ2) is 8.25. The number of halogens is 1. The molecule has 0 radical (unpaired) electrons. The quantitative estimate of drug-likeness (QED) is 0.641. The number of hydrogen-bond acceptors (Lipinski definition) is 3. The standard InChI is InChI=1S/C23H25FN2O3/c1-15-2-5-22(19(12-15)23(27)28)29-11-10-26-8-6-16(7-9-26)20-14-25-21-4-3-17(24)13-18(20)21/h2-5,12-14,16,25H,6-11H2,1H3,(H,27,28). The number of likely N-dealkylation sites (tertiary alicyclic amines) is 1. The molecule has 0 spiro atoms. The number of nitrogens with one attached hydrogen (secondary N) is 1. The van der Waals surface area contributed by atoms with Gasteiger partial charge in [-0.05, 0) is 74.7 Å². The lowest BCUT2D eigenvalue weighted by atomic mass is 9.89. The number of aromatic nitrogens is 1. The SMILES string of the molecule is Cc1ccc(OCCN2CCC(c3c[nH]c4ccc(F)cc34)CC2)c(C(=O)O)c1. The summed E-state index contributed by atoms with van der Waals surface area (Å²) in [6.07, 6.45) is 4.03. The van der Waals surface area contributed by atoms with Gasteiger partial charge in [-0.2, -0.15) is 0 Å². The Hall–Kier alpha value is -2.86. The summed E-state index contributed by atoms with van der Waals surface area (Å²) in [5, 5.41) is 10.3. The van der Waals surface area contributed by atoms with Gasteiger partial charge in [-0.1, -0.05) is 11.6 Å². The first kappa shape index (κ1) is 19.5. The van der Waals surface area contributed by atoms with Crippen molar-refractivity contribution in [3.05, 3.63) is 65.1 Å². The molecule has 0 saturated carbocycles. The Balaban J connectivity index is 1.32. The minimum absolute atomic E-state index is 0.204. The van der Waals surface area contributed by atoms with Gasteiger partial charge in [-0.25, -0.2) is 9.18 Å². The van der Waals surface area contributed by atoms with Gasteiger partial charge in [-0.3, -0.25) is 4.90 Å². The number of nitrogens with zero attached hydrogens (tertiary/aromatic N) is 1. The molecule has 1 aliphatic rings. The third-order valence-electron chi connectivity index (χ3n) is 5.73. The summed E-state index contributed by atoms with van der Waals surface area (Å²) >= 11 is 0. The maximum atomic E-state index is 13.6. The average Bonchev–Trinajstić information content (AvgIpc) is 3.12. The molecule has 0 amide bonds. The van der Waals surface area contributed by atoms with Crippen molar-refractivity contribution in [2.45, 2.75) is 25.7 Å². The van der Waals surface area contributed by atoms with Gasteiger partial charge in [0.1, 0.15) is 23.7 Å². The van der Waals surface area contributed by atoms with E-state index in [1.807, 2.05) is 19.2 Å². The molecule has 0 unspecified atom stereocenters. The van der Waals surface area contributed by atoms with Crippen LogP contribution in [0, 0.1) is 12.7 Å². The van der Waals surface area contributed by atoms with Crippen LogP contribution < -0.4 is 4.74 Å². The number of carboxylic acids is 1. The van der Waals surface area contributed by atoms with Crippen molar-refractivity contribution < 1.29 is 19.0 Å². The first-order chi connectivity index (χ1) is 14.0. The number of fused-ring (bicyclic) bond motifs is 1. The van der Waals surface area contributed by atoms with E-state index in [1.165, 1.54) is 11.6 Å². The molecule has 1 fully saturated rings. The van der Waals surface area contributed by atoms with Gasteiger partial charge in [0.2, 0.25) is 0 Å². The average molecular weight is 396 g/mol. The molecule has 1 saturated heterocycles. The largest absolute Gasteiger partial charge is 0.491 e.